The number of aryl methyl sites for hydroxylation is 1. The Kier molecular flexibility index (Phi) is 6.61. The SMILES string of the molecule is C=CCn1c(SCC(=O)Nc2cc([N+](=O)[O-])ccc2C)nnc1-c1cc2cc(Br)ccc2o1. The summed E-state index contributed by atoms with van der Waals surface area (Å²) in [6.07, 6.45) is 1.71. The van der Waals surface area contributed by atoms with Gasteiger partial charge in [-0.15, -0.1) is 16.8 Å². The van der Waals surface area contributed by atoms with Gasteiger partial charge in [0.1, 0.15) is 5.58 Å². The topological polar surface area (TPSA) is 116 Å². The second-order valence-corrected chi connectivity index (χ2v) is 8.95. The number of thioether (sulfide) groups is 1. The van der Waals surface area contributed by atoms with Gasteiger partial charge in [-0.3, -0.25) is 19.5 Å². The van der Waals surface area contributed by atoms with Gasteiger partial charge in [-0.05, 0) is 36.8 Å². The summed E-state index contributed by atoms with van der Waals surface area (Å²) in [5, 5.41) is 23.7. The van der Waals surface area contributed by atoms with Crippen LogP contribution in [0, 0.1) is 17.0 Å². The molecule has 0 saturated carbocycles. The number of anilines is 1. The molecule has 2 aromatic carbocycles. The van der Waals surface area contributed by atoms with E-state index in [4.69, 9.17) is 4.42 Å². The van der Waals surface area contributed by atoms with Gasteiger partial charge in [0.25, 0.3) is 5.69 Å². The van der Waals surface area contributed by atoms with Crippen molar-refractivity contribution in [3.63, 3.8) is 0 Å². The monoisotopic (exact) mass is 527 g/mol. The van der Waals surface area contributed by atoms with Gasteiger partial charge in [0.2, 0.25) is 11.7 Å². The molecule has 0 atom stereocenters. The van der Waals surface area contributed by atoms with Crippen molar-refractivity contribution in [2.45, 2.75) is 18.6 Å². The fourth-order valence-electron chi connectivity index (χ4n) is 3.17. The smallest absolute Gasteiger partial charge is 0.271 e. The van der Waals surface area contributed by atoms with Crippen LogP contribution in [-0.2, 0) is 11.3 Å². The van der Waals surface area contributed by atoms with Crippen molar-refractivity contribution in [2.24, 2.45) is 0 Å². The summed E-state index contributed by atoms with van der Waals surface area (Å²) in [4.78, 5) is 23.0. The number of nitrogens with one attached hydrogen (secondary N) is 1. The zero-order valence-electron chi connectivity index (χ0n) is 17.4. The Morgan fingerprint density at radius 2 is 2.12 bits per heavy atom. The predicted octanol–water partition coefficient (Wildman–Crippen LogP) is 5.59. The Morgan fingerprint density at radius 3 is 2.88 bits per heavy atom. The third-order valence-electron chi connectivity index (χ3n) is 4.77. The standard InChI is InChI=1S/C22H18BrN5O4S/c1-3-8-27-21(19-10-14-9-15(23)5-7-18(14)32-19)25-26-22(27)33-12-20(29)24-17-11-16(28(30)31)6-4-13(17)2/h3-7,9-11H,1,8,12H2,2H3,(H,24,29). The third-order valence-corrected chi connectivity index (χ3v) is 6.23. The minimum atomic E-state index is -0.500. The van der Waals surface area contributed by atoms with Crippen LogP contribution in [0.25, 0.3) is 22.6 Å². The number of carbonyl (C=O) groups is 1. The zero-order chi connectivity index (χ0) is 23.5. The molecule has 0 unspecified atom stereocenters. The summed E-state index contributed by atoms with van der Waals surface area (Å²) < 4.78 is 8.69. The van der Waals surface area contributed by atoms with E-state index in [0.29, 0.717) is 29.0 Å². The van der Waals surface area contributed by atoms with Crippen LogP contribution in [0.1, 0.15) is 5.56 Å². The second-order valence-electron chi connectivity index (χ2n) is 7.09. The molecule has 0 aliphatic rings. The molecule has 0 spiro atoms. The van der Waals surface area contributed by atoms with E-state index in [1.54, 1.807) is 19.1 Å². The van der Waals surface area contributed by atoms with Crippen molar-refractivity contribution >= 4 is 55.9 Å². The molecule has 2 aromatic heterocycles. The van der Waals surface area contributed by atoms with Crippen molar-refractivity contribution < 1.29 is 14.1 Å². The minimum absolute atomic E-state index is 0.0461. The quantitative estimate of drug-likeness (QED) is 0.137. The number of allylic oxidation sites excluding steroid dienone is 1. The van der Waals surface area contributed by atoms with Crippen molar-refractivity contribution in [2.75, 3.05) is 11.1 Å². The average molecular weight is 528 g/mol. The van der Waals surface area contributed by atoms with E-state index in [1.165, 1.54) is 23.9 Å². The number of hydrogen-bond acceptors (Lipinski definition) is 7. The van der Waals surface area contributed by atoms with E-state index in [0.717, 1.165) is 21.0 Å². The second kappa shape index (κ2) is 9.59. The Morgan fingerprint density at radius 1 is 1.30 bits per heavy atom. The maximum atomic E-state index is 12.5. The lowest BCUT2D eigenvalue weighted by molar-refractivity contribution is -0.384. The van der Waals surface area contributed by atoms with Gasteiger partial charge in [-0.25, -0.2) is 0 Å². The van der Waals surface area contributed by atoms with Gasteiger partial charge in [0.15, 0.2) is 10.9 Å². The number of nitrogens with zero attached hydrogens (tertiary/aromatic N) is 4. The molecule has 9 nitrogen and oxygen atoms in total. The summed E-state index contributed by atoms with van der Waals surface area (Å²) in [6.45, 7) is 5.99. The lowest BCUT2D eigenvalue weighted by Crippen LogP contribution is -2.15. The highest BCUT2D eigenvalue weighted by atomic mass is 79.9. The highest BCUT2D eigenvalue weighted by molar-refractivity contribution is 9.10. The number of nitro groups is 1. The van der Waals surface area contributed by atoms with Gasteiger partial charge in [-0.2, -0.15) is 0 Å². The number of fused-ring (bicyclic) bond motifs is 1. The molecule has 4 rings (SSSR count). The highest BCUT2D eigenvalue weighted by Gasteiger charge is 2.19. The number of carbonyl (C=O) groups excluding carboxylic acids is 1. The number of nitro benzene ring substituents is 1. The van der Waals surface area contributed by atoms with E-state index in [2.05, 4.69) is 38.0 Å². The molecule has 11 heteroatoms. The molecule has 0 fully saturated rings. The van der Waals surface area contributed by atoms with Gasteiger partial charge < -0.3 is 9.73 Å². The first kappa shape index (κ1) is 22.7. The van der Waals surface area contributed by atoms with Crippen LogP contribution in [0.2, 0.25) is 0 Å². The Hall–Kier alpha value is -3.44. The number of rotatable bonds is 8. The van der Waals surface area contributed by atoms with Crippen molar-refractivity contribution in [1.29, 1.82) is 0 Å². The van der Waals surface area contributed by atoms with Gasteiger partial charge >= 0.3 is 0 Å². The molecular formula is C22H18BrN5O4S. The molecule has 0 aliphatic heterocycles. The summed E-state index contributed by atoms with van der Waals surface area (Å²) in [5.41, 5.74) is 1.77. The highest BCUT2D eigenvalue weighted by Crippen LogP contribution is 2.31. The molecule has 168 valence electrons. The fourth-order valence-corrected chi connectivity index (χ4v) is 4.30. The van der Waals surface area contributed by atoms with Gasteiger partial charge in [0, 0.05) is 28.5 Å². The van der Waals surface area contributed by atoms with E-state index < -0.39 is 4.92 Å². The van der Waals surface area contributed by atoms with Gasteiger partial charge in [0.05, 0.1) is 16.4 Å². The van der Waals surface area contributed by atoms with Crippen LogP contribution in [0.5, 0.6) is 0 Å². The molecule has 4 aromatic rings. The van der Waals surface area contributed by atoms with Crippen molar-refractivity contribution in [3.05, 3.63) is 75.3 Å². The van der Waals surface area contributed by atoms with Crippen LogP contribution in [-0.4, -0.2) is 31.3 Å². The Labute approximate surface area is 201 Å². The van der Waals surface area contributed by atoms with Crippen LogP contribution in [0.3, 0.4) is 0 Å². The van der Waals surface area contributed by atoms with Crippen molar-refractivity contribution in [3.8, 4) is 11.6 Å². The number of non-ortho nitro benzene ring substituents is 1. The number of aromatic nitrogens is 3. The van der Waals surface area contributed by atoms with E-state index in [-0.39, 0.29) is 17.3 Å². The lowest BCUT2D eigenvalue weighted by Gasteiger charge is -2.09. The Bertz CT molecular complexity index is 1380. The van der Waals surface area contributed by atoms with Crippen LogP contribution in [0.15, 0.2) is 69.2 Å². The first-order chi connectivity index (χ1) is 15.9. The van der Waals surface area contributed by atoms with Crippen LogP contribution in [0.4, 0.5) is 11.4 Å². The number of furan rings is 1. The van der Waals surface area contributed by atoms with E-state index in [9.17, 15) is 14.9 Å². The van der Waals surface area contributed by atoms with E-state index in [1.807, 2.05) is 28.8 Å². The first-order valence-electron chi connectivity index (χ1n) is 9.77. The number of hydrogen-bond donors (Lipinski definition) is 1. The van der Waals surface area contributed by atoms with Crippen LogP contribution < -0.4 is 5.32 Å². The maximum absolute atomic E-state index is 12.5. The van der Waals surface area contributed by atoms with Crippen LogP contribution >= 0.6 is 27.7 Å². The number of amides is 1. The van der Waals surface area contributed by atoms with Crippen molar-refractivity contribution in [1.82, 2.24) is 14.8 Å². The number of halogens is 1. The fraction of sp³-hybridized carbons (Fsp3) is 0.136. The molecular weight excluding hydrogens is 510 g/mol. The van der Waals surface area contributed by atoms with Gasteiger partial charge in [-0.1, -0.05) is 39.8 Å². The molecule has 1 N–H and O–H groups in total. The Balaban J connectivity index is 1.52. The number of benzene rings is 2. The largest absolute Gasteiger partial charge is 0.453 e. The molecule has 1 amide bonds. The normalized spacial score (nSPS) is 11.0. The molecule has 0 aliphatic carbocycles. The first-order valence-corrected chi connectivity index (χ1v) is 11.5. The summed E-state index contributed by atoms with van der Waals surface area (Å²) in [7, 11) is 0. The molecule has 0 radical (unpaired) electrons. The molecule has 0 saturated heterocycles. The summed E-state index contributed by atoms with van der Waals surface area (Å²) in [5.74, 6) is 0.817. The predicted molar refractivity (Wildman–Crippen MR) is 130 cm³/mol. The molecule has 33 heavy (non-hydrogen) atoms. The average Bonchev–Trinajstić information content (AvgIpc) is 3.37. The zero-order valence-corrected chi connectivity index (χ0v) is 19.9. The summed E-state index contributed by atoms with van der Waals surface area (Å²) >= 11 is 4.65. The summed E-state index contributed by atoms with van der Waals surface area (Å²) in [6, 6.07) is 11.9. The lowest BCUT2D eigenvalue weighted by atomic mass is 10.2. The molecule has 0 bridgehead atoms. The third kappa shape index (κ3) is 4.99. The van der Waals surface area contributed by atoms with E-state index >= 15 is 0 Å². The minimum Gasteiger partial charge on any atom is -0.453 e. The molecule has 2 heterocycles. The maximum Gasteiger partial charge on any atom is 0.271 e.